The normalized spacial score (nSPS) is 10.4. The lowest BCUT2D eigenvalue weighted by Gasteiger charge is -2.09. The Hall–Kier alpha value is -2.70. The summed E-state index contributed by atoms with van der Waals surface area (Å²) >= 11 is 0. The summed E-state index contributed by atoms with van der Waals surface area (Å²) in [4.78, 5) is 26.6. The maximum atomic E-state index is 11.6. The molecule has 1 aromatic heterocycles. The van der Waals surface area contributed by atoms with Crippen LogP contribution < -0.4 is 5.32 Å². The monoisotopic (exact) mass is 288 g/mol. The zero-order valence-electron chi connectivity index (χ0n) is 11.9. The van der Waals surface area contributed by atoms with Crippen molar-refractivity contribution in [2.45, 2.75) is 19.8 Å². The van der Waals surface area contributed by atoms with Crippen molar-refractivity contribution in [1.29, 1.82) is 0 Å². The molecule has 0 unspecified atom stereocenters. The highest BCUT2D eigenvalue weighted by atomic mass is 16.6. The van der Waals surface area contributed by atoms with E-state index in [1.54, 1.807) is 29.1 Å². The largest absolute Gasteiger partial charge is 0.355 e. The van der Waals surface area contributed by atoms with E-state index in [4.69, 9.17) is 0 Å². The van der Waals surface area contributed by atoms with Crippen LogP contribution in [-0.2, 0) is 6.42 Å². The van der Waals surface area contributed by atoms with E-state index in [0.29, 0.717) is 5.69 Å². The molecule has 110 valence electrons. The molecule has 0 fully saturated rings. The van der Waals surface area contributed by atoms with Crippen LogP contribution in [0.15, 0.2) is 30.6 Å². The lowest BCUT2D eigenvalue weighted by Crippen LogP contribution is -2.18. The minimum atomic E-state index is -0.489. The fourth-order valence-corrected chi connectivity index (χ4v) is 2.12. The van der Waals surface area contributed by atoms with Gasteiger partial charge >= 0.3 is 0 Å². The summed E-state index contributed by atoms with van der Waals surface area (Å²) in [7, 11) is 1.48. The summed E-state index contributed by atoms with van der Waals surface area (Å²) in [5, 5.41) is 13.7. The van der Waals surface area contributed by atoms with E-state index in [-0.39, 0.29) is 17.2 Å². The van der Waals surface area contributed by atoms with Gasteiger partial charge in [0.1, 0.15) is 11.5 Å². The molecule has 0 aliphatic carbocycles. The highest BCUT2D eigenvalue weighted by molar-refractivity contribution is 5.95. The fraction of sp³-hybridized carbons (Fsp3) is 0.286. The average Bonchev–Trinajstić information content (AvgIpc) is 2.94. The number of rotatable bonds is 5. The van der Waals surface area contributed by atoms with Crippen molar-refractivity contribution in [3.63, 3.8) is 0 Å². The van der Waals surface area contributed by atoms with Crippen LogP contribution in [0.1, 0.15) is 29.5 Å². The molecule has 0 saturated carbocycles. The first-order valence-electron chi connectivity index (χ1n) is 6.61. The fourth-order valence-electron chi connectivity index (χ4n) is 2.12. The van der Waals surface area contributed by atoms with Crippen LogP contribution in [0.25, 0.3) is 5.69 Å². The number of nitro benzene ring substituents is 1. The Bertz CT molecular complexity index is 679. The van der Waals surface area contributed by atoms with Crippen molar-refractivity contribution >= 4 is 11.6 Å². The summed E-state index contributed by atoms with van der Waals surface area (Å²) in [6.07, 6.45) is 4.91. The molecule has 2 rings (SSSR count). The van der Waals surface area contributed by atoms with E-state index in [2.05, 4.69) is 10.3 Å². The van der Waals surface area contributed by atoms with E-state index in [0.717, 1.165) is 18.7 Å². The standard InChI is InChI=1S/C14H16N4O3/c1-3-4-13-16-7-8-17(13)11-6-5-10(14(19)15-2)9-12(11)18(20)21/h5-9H,3-4H2,1-2H3,(H,15,19). The number of imidazole rings is 1. The van der Waals surface area contributed by atoms with Crippen LogP contribution in [-0.4, -0.2) is 27.4 Å². The van der Waals surface area contributed by atoms with Crippen LogP contribution in [0, 0.1) is 10.1 Å². The topological polar surface area (TPSA) is 90.1 Å². The van der Waals surface area contributed by atoms with Crippen LogP contribution in [0.4, 0.5) is 5.69 Å². The van der Waals surface area contributed by atoms with Gasteiger partial charge in [0.15, 0.2) is 0 Å². The number of nitro groups is 1. The van der Waals surface area contributed by atoms with Gasteiger partial charge in [-0.3, -0.25) is 19.5 Å². The van der Waals surface area contributed by atoms with E-state index in [9.17, 15) is 14.9 Å². The second kappa shape index (κ2) is 6.17. The molecular formula is C14H16N4O3. The van der Waals surface area contributed by atoms with Gasteiger partial charge in [-0.1, -0.05) is 6.92 Å². The summed E-state index contributed by atoms with van der Waals surface area (Å²) in [5.41, 5.74) is 0.546. The lowest BCUT2D eigenvalue weighted by molar-refractivity contribution is -0.384. The Morgan fingerprint density at radius 3 is 2.86 bits per heavy atom. The zero-order valence-corrected chi connectivity index (χ0v) is 11.9. The molecule has 0 aliphatic rings. The summed E-state index contributed by atoms with van der Waals surface area (Å²) in [6, 6.07) is 4.42. The zero-order chi connectivity index (χ0) is 15.4. The third-order valence-electron chi connectivity index (χ3n) is 3.11. The van der Waals surface area contributed by atoms with Gasteiger partial charge in [-0.15, -0.1) is 0 Å². The molecule has 1 N–H and O–H groups in total. The SMILES string of the molecule is CCCc1nccn1-c1ccc(C(=O)NC)cc1[N+](=O)[O-]. The smallest absolute Gasteiger partial charge is 0.294 e. The number of amides is 1. The second-order valence-corrected chi connectivity index (χ2v) is 4.50. The predicted molar refractivity (Wildman–Crippen MR) is 77.6 cm³/mol. The molecule has 1 amide bonds. The molecule has 0 bridgehead atoms. The van der Waals surface area contributed by atoms with Gasteiger partial charge in [0.2, 0.25) is 0 Å². The Morgan fingerprint density at radius 1 is 1.48 bits per heavy atom. The van der Waals surface area contributed by atoms with Crippen LogP contribution in [0.2, 0.25) is 0 Å². The molecule has 0 spiro atoms. The molecule has 0 aliphatic heterocycles. The van der Waals surface area contributed by atoms with Gasteiger partial charge in [0, 0.05) is 37.5 Å². The minimum absolute atomic E-state index is 0.119. The first-order chi connectivity index (χ1) is 10.1. The number of nitrogens with one attached hydrogen (secondary N) is 1. The highest BCUT2D eigenvalue weighted by Gasteiger charge is 2.19. The van der Waals surface area contributed by atoms with Crippen LogP contribution in [0.3, 0.4) is 0 Å². The molecule has 7 nitrogen and oxygen atoms in total. The summed E-state index contributed by atoms with van der Waals surface area (Å²) in [5.74, 6) is 0.400. The average molecular weight is 288 g/mol. The second-order valence-electron chi connectivity index (χ2n) is 4.50. The molecule has 2 aromatic rings. The highest BCUT2D eigenvalue weighted by Crippen LogP contribution is 2.25. The number of carbonyl (C=O) groups excluding carboxylic acids is 1. The Labute approximate surface area is 121 Å². The summed E-state index contributed by atoms with van der Waals surface area (Å²) < 4.78 is 1.69. The Kier molecular flexibility index (Phi) is 4.32. The third-order valence-corrected chi connectivity index (χ3v) is 3.11. The number of nitrogens with zero attached hydrogens (tertiary/aromatic N) is 3. The molecular weight excluding hydrogens is 272 g/mol. The molecule has 0 atom stereocenters. The minimum Gasteiger partial charge on any atom is -0.355 e. The molecule has 21 heavy (non-hydrogen) atoms. The van der Waals surface area contributed by atoms with Gasteiger partial charge in [-0.05, 0) is 18.6 Å². The number of aryl methyl sites for hydroxylation is 1. The lowest BCUT2D eigenvalue weighted by atomic mass is 10.1. The van der Waals surface area contributed by atoms with Crippen LogP contribution >= 0.6 is 0 Å². The quantitative estimate of drug-likeness (QED) is 0.673. The number of carbonyl (C=O) groups is 1. The van der Waals surface area contributed by atoms with E-state index < -0.39 is 4.92 Å². The number of aromatic nitrogens is 2. The van der Waals surface area contributed by atoms with Crippen molar-refractivity contribution in [3.8, 4) is 5.69 Å². The van der Waals surface area contributed by atoms with E-state index in [1.165, 1.54) is 13.1 Å². The third kappa shape index (κ3) is 2.91. The molecule has 1 aromatic carbocycles. The molecule has 0 radical (unpaired) electrons. The van der Waals surface area contributed by atoms with E-state index >= 15 is 0 Å². The van der Waals surface area contributed by atoms with Crippen molar-refractivity contribution in [2.75, 3.05) is 7.05 Å². The van der Waals surface area contributed by atoms with Gasteiger partial charge < -0.3 is 5.32 Å². The molecule has 1 heterocycles. The molecule has 7 heteroatoms. The number of hydrogen-bond donors (Lipinski definition) is 1. The maximum Gasteiger partial charge on any atom is 0.294 e. The first-order valence-corrected chi connectivity index (χ1v) is 6.61. The number of hydrogen-bond acceptors (Lipinski definition) is 4. The van der Waals surface area contributed by atoms with Crippen molar-refractivity contribution in [1.82, 2.24) is 14.9 Å². The van der Waals surface area contributed by atoms with Crippen molar-refractivity contribution < 1.29 is 9.72 Å². The number of benzene rings is 1. The van der Waals surface area contributed by atoms with Crippen molar-refractivity contribution in [3.05, 3.63) is 52.1 Å². The molecule has 0 saturated heterocycles. The van der Waals surface area contributed by atoms with Crippen molar-refractivity contribution in [2.24, 2.45) is 0 Å². The van der Waals surface area contributed by atoms with Gasteiger partial charge in [-0.25, -0.2) is 4.98 Å². The first kappa shape index (κ1) is 14.7. The Morgan fingerprint density at radius 2 is 2.24 bits per heavy atom. The Balaban J connectivity index is 2.55. The predicted octanol–water partition coefficient (Wildman–Crippen LogP) is 2.09. The van der Waals surface area contributed by atoms with Crippen LogP contribution in [0.5, 0.6) is 0 Å². The maximum absolute atomic E-state index is 11.6. The van der Waals surface area contributed by atoms with E-state index in [1.807, 2.05) is 6.92 Å². The van der Waals surface area contributed by atoms with Gasteiger partial charge in [0.05, 0.1) is 4.92 Å². The summed E-state index contributed by atoms with van der Waals surface area (Å²) in [6.45, 7) is 2.02. The van der Waals surface area contributed by atoms with Gasteiger partial charge in [-0.2, -0.15) is 0 Å². The van der Waals surface area contributed by atoms with Gasteiger partial charge in [0.25, 0.3) is 11.6 Å².